The summed E-state index contributed by atoms with van der Waals surface area (Å²) in [5.41, 5.74) is 1.36. The molecule has 1 N–H and O–H groups in total. The van der Waals surface area contributed by atoms with Crippen LogP contribution in [0, 0.1) is 5.92 Å². The summed E-state index contributed by atoms with van der Waals surface area (Å²) in [7, 11) is 0. The van der Waals surface area contributed by atoms with Crippen LogP contribution in [0.3, 0.4) is 0 Å². The minimum Gasteiger partial charge on any atom is -0.314 e. The molecule has 1 aliphatic rings. The summed E-state index contributed by atoms with van der Waals surface area (Å²) in [5.74, 6) is 0.750. The van der Waals surface area contributed by atoms with Crippen LogP contribution in [0.25, 0.3) is 0 Å². The Morgan fingerprint density at radius 2 is 2.40 bits per heavy atom. The summed E-state index contributed by atoms with van der Waals surface area (Å²) in [6, 6.07) is 5.03. The Morgan fingerprint density at radius 1 is 1.53 bits per heavy atom. The van der Waals surface area contributed by atoms with Gasteiger partial charge in [0, 0.05) is 18.4 Å². The lowest BCUT2D eigenvalue weighted by molar-refractivity contribution is 0.497. The second-order valence-corrected chi connectivity index (χ2v) is 4.69. The summed E-state index contributed by atoms with van der Waals surface area (Å²) in [6.45, 7) is 3.49. The Labute approximate surface area is 92.1 Å². The van der Waals surface area contributed by atoms with E-state index in [9.17, 15) is 0 Å². The maximum absolute atomic E-state index is 4.14. The Kier molecular flexibility index (Phi) is 3.73. The second kappa shape index (κ2) is 5.26. The number of pyridine rings is 1. The van der Waals surface area contributed by atoms with Crippen molar-refractivity contribution in [3.8, 4) is 0 Å². The van der Waals surface area contributed by atoms with Gasteiger partial charge in [0.2, 0.25) is 0 Å². The average Bonchev–Trinajstić information content (AvgIpc) is 3.03. The van der Waals surface area contributed by atoms with Gasteiger partial charge in [-0.25, -0.2) is 0 Å². The molecule has 0 spiro atoms. The van der Waals surface area contributed by atoms with Gasteiger partial charge in [0.1, 0.15) is 0 Å². The second-order valence-electron chi connectivity index (χ2n) is 4.69. The highest BCUT2D eigenvalue weighted by Gasteiger charge is 2.19. The van der Waals surface area contributed by atoms with E-state index < -0.39 is 0 Å². The molecule has 82 valence electrons. The van der Waals surface area contributed by atoms with Gasteiger partial charge in [-0.1, -0.05) is 13.0 Å². The van der Waals surface area contributed by atoms with E-state index in [1.54, 1.807) is 0 Å². The van der Waals surface area contributed by atoms with Gasteiger partial charge >= 0.3 is 0 Å². The maximum Gasteiger partial charge on any atom is 0.0299 e. The van der Waals surface area contributed by atoms with Crippen molar-refractivity contribution in [2.75, 3.05) is 6.54 Å². The van der Waals surface area contributed by atoms with Crippen LogP contribution in [-0.4, -0.2) is 17.6 Å². The first-order chi connectivity index (χ1) is 7.34. The van der Waals surface area contributed by atoms with Crippen molar-refractivity contribution in [1.29, 1.82) is 0 Å². The zero-order chi connectivity index (χ0) is 10.5. The molecule has 0 aliphatic heterocycles. The molecule has 1 aromatic heterocycles. The van der Waals surface area contributed by atoms with Crippen molar-refractivity contribution in [2.45, 2.75) is 38.6 Å². The zero-order valence-electron chi connectivity index (χ0n) is 9.45. The molecule has 1 unspecified atom stereocenters. The van der Waals surface area contributed by atoms with E-state index in [1.165, 1.54) is 31.4 Å². The van der Waals surface area contributed by atoms with Crippen LogP contribution in [0.4, 0.5) is 0 Å². The number of nitrogens with zero attached hydrogens (tertiary/aromatic N) is 1. The molecule has 1 aromatic rings. The van der Waals surface area contributed by atoms with E-state index in [2.05, 4.69) is 23.3 Å². The van der Waals surface area contributed by atoms with E-state index in [0.717, 1.165) is 18.4 Å². The third-order valence-electron chi connectivity index (χ3n) is 2.95. The van der Waals surface area contributed by atoms with Gasteiger partial charge in [-0.3, -0.25) is 4.98 Å². The lowest BCUT2D eigenvalue weighted by atomic mass is 9.99. The smallest absolute Gasteiger partial charge is 0.0299 e. The molecular formula is C13H20N2. The molecule has 0 saturated heterocycles. The molecule has 2 rings (SSSR count). The van der Waals surface area contributed by atoms with Crippen LogP contribution in [0.1, 0.15) is 31.7 Å². The minimum absolute atomic E-state index is 0.750. The van der Waals surface area contributed by atoms with E-state index in [0.29, 0.717) is 0 Å². The first kappa shape index (κ1) is 10.6. The SMILES string of the molecule is CC(CCNC1CC1)Cc1cccnc1. The normalized spacial score (nSPS) is 17.7. The molecule has 1 heterocycles. The van der Waals surface area contributed by atoms with Gasteiger partial charge in [-0.15, -0.1) is 0 Å². The number of rotatable bonds is 6. The van der Waals surface area contributed by atoms with Gasteiger partial charge < -0.3 is 5.32 Å². The van der Waals surface area contributed by atoms with Crippen molar-refractivity contribution >= 4 is 0 Å². The third kappa shape index (κ3) is 4.00. The van der Waals surface area contributed by atoms with Gasteiger partial charge in [-0.05, 0) is 49.8 Å². The molecule has 0 bridgehead atoms. The quantitative estimate of drug-likeness (QED) is 0.769. The molecule has 2 nitrogen and oxygen atoms in total. The van der Waals surface area contributed by atoms with E-state index in [4.69, 9.17) is 0 Å². The summed E-state index contributed by atoms with van der Waals surface area (Å²) < 4.78 is 0. The standard InChI is InChI=1S/C13H20N2/c1-11(6-8-15-13-4-5-13)9-12-3-2-7-14-10-12/h2-3,7,10-11,13,15H,4-6,8-9H2,1H3. The predicted molar refractivity (Wildman–Crippen MR) is 62.7 cm³/mol. The molecule has 0 radical (unpaired) electrons. The zero-order valence-corrected chi connectivity index (χ0v) is 9.45. The monoisotopic (exact) mass is 204 g/mol. The lowest BCUT2D eigenvalue weighted by Crippen LogP contribution is -2.20. The number of hydrogen-bond donors (Lipinski definition) is 1. The van der Waals surface area contributed by atoms with E-state index >= 15 is 0 Å². The van der Waals surface area contributed by atoms with Crippen LogP contribution in [0.5, 0.6) is 0 Å². The fraction of sp³-hybridized carbons (Fsp3) is 0.615. The molecule has 2 heteroatoms. The van der Waals surface area contributed by atoms with Crippen LogP contribution in [0.2, 0.25) is 0 Å². The Bertz CT molecular complexity index is 280. The van der Waals surface area contributed by atoms with Gasteiger partial charge in [0.15, 0.2) is 0 Å². The maximum atomic E-state index is 4.14. The number of hydrogen-bond acceptors (Lipinski definition) is 2. The van der Waals surface area contributed by atoms with Crippen LogP contribution < -0.4 is 5.32 Å². The van der Waals surface area contributed by atoms with Crippen molar-refractivity contribution in [3.05, 3.63) is 30.1 Å². The molecule has 1 saturated carbocycles. The van der Waals surface area contributed by atoms with Crippen molar-refractivity contribution in [2.24, 2.45) is 5.92 Å². The fourth-order valence-corrected chi connectivity index (χ4v) is 1.84. The highest BCUT2D eigenvalue weighted by Crippen LogP contribution is 2.19. The molecular weight excluding hydrogens is 184 g/mol. The van der Waals surface area contributed by atoms with Gasteiger partial charge in [-0.2, -0.15) is 0 Å². The van der Waals surface area contributed by atoms with Crippen molar-refractivity contribution in [1.82, 2.24) is 10.3 Å². The minimum atomic E-state index is 0.750. The van der Waals surface area contributed by atoms with E-state index in [1.807, 2.05) is 18.5 Å². The largest absolute Gasteiger partial charge is 0.314 e. The topological polar surface area (TPSA) is 24.9 Å². The van der Waals surface area contributed by atoms with E-state index in [-0.39, 0.29) is 0 Å². The van der Waals surface area contributed by atoms with Gasteiger partial charge in [0.05, 0.1) is 0 Å². The van der Waals surface area contributed by atoms with Crippen LogP contribution in [-0.2, 0) is 6.42 Å². The Balaban J connectivity index is 1.65. The first-order valence-corrected chi connectivity index (χ1v) is 5.97. The van der Waals surface area contributed by atoms with Crippen molar-refractivity contribution in [3.63, 3.8) is 0 Å². The number of nitrogens with one attached hydrogen (secondary N) is 1. The molecule has 0 amide bonds. The average molecular weight is 204 g/mol. The third-order valence-corrected chi connectivity index (χ3v) is 2.95. The molecule has 15 heavy (non-hydrogen) atoms. The first-order valence-electron chi connectivity index (χ1n) is 5.97. The lowest BCUT2D eigenvalue weighted by Gasteiger charge is -2.11. The summed E-state index contributed by atoms with van der Waals surface area (Å²) in [6.07, 6.45) is 9.01. The molecule has 0 aromatic carbocycles. The van der Waals surface area contributed by atoms with Crippen LogP contribution in [0.15, 0.2) is 24.5 Å². The van der Waals surface area contributed by atoms with Crippen molar-refractivity contribution < 1.29 is 0 Å². The molecule has 1 atom stereocenters. The summed E-state index contributed by atoms with van der Waals surface area (Å²) >= 11 is 0. The summed E-state index contributed by atoms with van der Waals surface area (Å²) in [5, 5.41) is 3.56. The predicted octanol–water partition coefficient (Wildman–Crippen LogP) is 2.40. The Morgan fingerprint density at radius 3 is 3.07 bits per heavy atom. The highest BCUT2D eigenvalue weighted by atomic mass is 14.9. The van der Waals surface area contributed by atoms with Crippen LogP contribution >= 0.6 is 0 Å². The van der Waals surface area contributed by atoms with Gasteiger partial charge in [0.25, 0.3) is 0 Å². The molecule has 1 fully saturated rings. The molecule has 1 aliphatic carbocycles. The summed E-state index contributed by atoms with van der Waals surface area (Å²) in [4.78, 5) is 4.14. The number of aromatic nitrogens is 1. The fourth-order valence-electron chi connectivity index (χ4n) is 1.84. The highest BCUT2D eigenvalue weighted by molar-refractivity contribution is 5.08. The Hall–Kier alpha value is -0.890.